The van der Waals surface area contributed by atoms with E-state index in [9.17, 15) is 8.42 Å². The van der Waals surface area contributed by atoms with Crippen molar-refractivity contribution in [2.45, 2.75) is 18.1 Å². The Labute approximate surface area is 166 Å². The molecule has 26 heavy (non-hydrogen) atoms. The standard InChI is InChI=1S/C20H17IN2O2S/c1-20(13-17(12-18(21)14-20)15-6-3-2-4-7-15)26(24,25)23-11-9-16-8-5-10-22-19(16)23/h2-13H,14H2,1H3. The van der Waals surface area contributed by atoms with E-state index in [0.29, 0.717) is 12.1 Å². The minimum absolute atomic E-state index is 0.443. The van der Waals surface area contributed by atoms with Gasteiger partial charge in [-0.3, -0.25) is 0 Å². The molecule has 4 nitrogen and oxygen atoms in total. The SMILES string of the molecule is CC1(S(=O)(=O)n2ccc3cccnc32)C=C(c2ccccc2)C=C(I)C1. The summed E-state index contributed by atoms with van der Waals surface area (Å²) in [6.45, 7) is 1.78. The average molecular weight is 476 g/mol. The van der Waals surface area contributed by atoms with E-state index in [0.717, 1.165) is 20.1 Å². The summed E-state index contributed by atoms with van der Waals surface area (Å²) < 4.78 is 28.4. The number of rotatable bonds is 3. The molecule has 132 valence electrons. The van der Waals surface area contributed by atoms with E-state index < -0.39 is 14.8 Å². The van der Waals surface area contributed by atoms with Crippen LogP contribution < -0.4 is 0 Å². The van der Waals surface area contributed by atoms with Crippen LogP contribution in [-0.2, 0) is 10.0 Å². The summed E-state index contributed by atoms with van der Waals surface area (Å²) in [5.74, 6) is 0. The van der Waals surface area contributed by atoms with Crippen LogP contribution in [0.3, 0.4) is 0 Å². The first-order chi connectivity index (χ1) is 12.4. The fourth-order valence-corrected chi connectivity index (χ4v) is 6.35. The van der Waals surface area contributed by atoms with Gasteiger partial charge in [-0.2, -0.15) is 0 Å². The van der Waals surface area contributed by atoms with E-state index in [1.165, 1.54) is 3.97 Å². The molecule has 2 heterocycles. The molecule has 1 aromatic carbocycles. The molecule has 2 aromatic heterocycles. The Bertz CT molecular complexity index is 1150. The molecule has 0 saturated heterocycles. The van der Waals surface area contributed by atoms with Crippen molar-refractivity contribution in [3.05, 3.63) is 82.2 Å². The number of allylic oxidation sites excluding steroid dienone is 3. The number of hydrogen-bond acceptors (Lipinski definition) is 3. The maximum Gasteiger partial charge on any atom is 0.249 e. The minimum Gasteiger partial charge on any atom is -0.237 e. The molecule has 1 unspecified atom stereocenters. The third-order valence-corrected chi connectivity index (χ3v) is 7.61. The predicted octanol–water partition coefficient (Wildman–Crippen LogP) is 4.78. The molecule has 1 aliphatic carbocycles. The number of benzene rings is 1. The zero-order chi connectivity index (χ0) is 18.4. The second kappa shape index (κ2) is 6.35. The van der Waals surface area contributed by atoms with Crippen molar-refractivity contribution >= 4 is 49.2 Å². The van der Waals surface area contributed by atoms with Crippen molar-refractivity contribution in [3.8, 4) is 0 Å². The number of hydrogen-bond donors (Lipinski definition) is 0. The van der Waals surface area contributed by atoms with Crippen molar-refractivity contribution < 1.29 is 8.42 Å². The third kappa shape index (κ3) is 2.81. The highest BCUT2D eigenvalue weighted by Gasteiger charge is 2.41. The Balaban J connectivity index is 1.88. The summed E-state index contributed by atoms with van der Waals surface area (Å²) in [5.41, 5.74) is 2.41. The van der Waals surface area contributed by atoms with Gasteiger partial charge in [0.1, 0.15) is 4.75 Å². The molecule has 0 fully saturated rings. The number of halogens is 1. The quantitative estimate of drug-likeness (QED) is 0.512. The Kier molecular flexibility index (Phi) is 4.27. The van der Waals surface area contributed by atoms with E-state index in [2.05, 4.69) is 33.7 Å². The largest absolute Gasteiger partial charge is 0.249 e. The molecule has 0 amide bonds. The van der Waals surface area contributed by atoms with Gasteiger partial charge >= 0.3 is 0 Å². The van der Waals surface area contributed by atoms with Gasteiger partial charge in [-0.25, -0.2) is 17.4 Å². The molecular weight excluding hydrogens is 459 g/mol. The van der Waals surface area contributed by atoms with E-state index >= 15 is 0 Å². The van der Waals surface area contributed by atoms with Gasteiger partial charge in [-0.05, 0) is 68.5 Å². The van der Waals surface area contributed by atoms with Crippen LogP contribution in [0.1, 0.15) is 18.9 Å². The highest BCUT2D eigenvalue weighted by atomic mass is 127. The first-order valence-electron chi connectivity index (χ1n) is 8.22. The first-order valence-corrected chi connectivity index (χ1v) is 10.7. The molecule has 0 N–H and O–H groups in total. The van der Waals surface area contributed by atoms with Gasteiger partial charge in [0.15, 0.2) is 5.65 Å². The van der Waals surface area contributed by atoms with Crippen LogP contribution in [0.25, 0.3) is 16.6 Å². The second-order valence-corrected chi connectivity index (χ2v) is 10.2. The summed E-state index contributed by atoms with van der Waals surface area (Å²) in [5, 5.41) is 0.813. The summed E-state index contributed by atoms with van der Waals surface area (Å²) in [6, 6.07) is 15.3. The van der Waals surface area contributed by atoms with Gasteiger partial charge < -0.3 is 0 Å². The molecule has 0 aliphatic heterocycles. The maximum absolute atomic E-state index is 13.6. The van der Waals surface area contributed by atoms with Gasteiger partial charge in [0, 0.05) is 24.2 Å². The van der Waals surface area contributed by atoms with Crippen LogP contribution in [0.2, 0.25) is 0 Å². The maximum atomic E-state index is 13.6. The predicted molar refractivity (Wildman–Crippen MR) is 114 cm³/mol. The topological polar surface area (TPSA) is 52.0 Å². The van der Waals surface area contributed by atoms with Gasteiger partial charge in [0.2, 0.25) is 10.0 Å². The molecule has 3 aromatic rings. The molecule has 0 saturated carbocycles. The summed E-state index contributed by atoms with van der Waals surface area (Å²) in [7, 11) is -3.69. The third-order valence-electron chi connectivity index (χ3n) is 4.66. The number of nitrogens with zero attached hydrogens (tertiary/aromatic N) is 2. The van der Waals surface area contributed by atoms with Crippen LogP contribution in [0.5, 0.6) is 0 Å². The first kappa shape index (κ1) is 17.5. The fraction of sp³-hybridized carbons (Fsp3) is 0.150. The summed E-state index contributed by atoms with van der Waals surface area (Å²) in [6.07, 6.45) is 7.58. The molecule has 0 spiro atoms. The number of aromatic nitrogens is 2. The van der Waals surface area contributed by atoms with Gasteiger partial charge in [0.05, 0.1) is 0 Å². The molecule has 1 aliphatic rings. The molecular formula is C20H17IN2O2S. The minimum atomic E-state index is -3.69. The highest BCUT2D eigenvalue weighted by molar-refractivity contribution is 14.1. The van der Waals surface area contributed by atoms with E-state index in [4.69, 9.17) is 0 Å². The number of pyridine rings is 1. The fourth-order valence-electron chi connectivity index (χ4n) is 3.30. The average Bonchev–Trinajstić information content (AvgIpc) is 3.06. The van der Waals surface area contributed by atoms with E-state index in [-0.39, 0.29) is 0 Å². The molecule has 6 heteroatoms. The highest BCUT2D eigenvalue weighted by Crippen LogP contribution is 2.40. The van der Waals surface area contributed by atoms with E-state index in [1.54, 1.807) is 31.5 Å². The van der Waals surface area contributed by atoms with Gasteiger partial charge in [0.25, 0.3) is 0 Å². The molecule has 4 rings (SSSR count). The lowest BCUT2D eigenvalue weighted by Crippen LogP contribution is -2.39. The Morgan fingerprint density at radius 3 is 2.65 bits per heavy atom. The van der Waals surface area contributed by atoms with Crippen LogP contribution in [0, 0.1) is 0 Å². The zero-order valence-corrected chi connectivity index (χ0v) is 17.1. The Morgan fingerprint density at radius 2 is 1.88 bits per heavy atom. The monoisotopic (exact) mass is 476 g/mol. The van der Waals surface area contributed by atoms with E-state index in [1.807, 2.05) is 42.5 Å². The van der Waals surface area contributed by atoms with Crippen molar-refractivity contribution in [1.82, 2.24) is 8.96 Å². The van der Waals surface area contributed by atoms with Crippen LogP contribution >= 0.6 is 22.6 Å². The number of fused-ring (bicyclic) bond motifs is 1. The lowest BCUT2D eigenvalue weighted by Gasteiger charge is -2.30. The van der Waals surface area contributed by atoms with Crippen molar-refractivity contribution in [2.24, 2.45) is 0 Å². The van der Waals surface area contributed by atoms with Crippen LogP contribution in [0.4, 0.5) is 0 Å². The molecule has 0 radical (unpaired) electrons. The van der Waals surface area contributed by atoms with Crippen molar-refractivity contribution in [2.75, 3.05) is 0 Å². The van der Waals surface area contributed by atoms with Crippen molar-refractivity contribution in [1.29, 1.82) is 0 Å². The van der Waals surface area contributed by atoms with Crippen LogP contribution in [0.15, 0.2) is 76.7 Å². The smallest absolute Gasteiger partial charge is 0.237 e. The van der Waals surface area contributed by atoms with Gasteiger partial charge in [-0.1, -0.05) is 36.4 Å². The summed E-state index contributed by atoms with van der Waals surface area (Å²) in [4.78, 5) is 4.28. The molecule has 1 atom stereocenters. The lowest BCUT2D eigenvalue weighted by molar-refractivity contribution is 0.554. The lowest BCUT2D eigenvalue weighted by atomic mass is 9.93. The van der Waals surface area contributed by atoms with Crippen molar-refractivity contribution in [3.63, 3.8) is 0 Å². The summed E-state index contributed by atoms with van der Waals surface area (Å²) >= 11 is 2.23. The van der Waals surface area contributed by atoms with Crippen LogP contribution in [-0.4, -0.2) is 22.1 Å². The Hall–Kier alpha value is -1.93. The molecule has 0 bridgehead atoms. The zero-order valence-electron chi connectivity index (χ0n) is 14.1. The normalized spacial score (nSPS) is 20.7. The Morgan fingerprint density at radius 1 is 1.12 bits per heavy atom. The second-order valence-electron chi connectivity index (χ2n) is 6.58. The van der Waals surface area contributed by atoms with Gasteiger partial charge in [-0.15, -0.1) is 0 Å².